The van der Waals surface area contributed by atoms with Crippen molar-refractivity contribution < 1.29 is 4.79 Å². The molecule has 0 fully saturated rings. The molecule has 0 amide bonds. The van der Waals surface area contributed by atoms with Gasteiger partial charge in [-0.2, -0.15) is 0 Å². The minimum Gasteiger partial charge on any atom is -0.302 e. The largest absolute Gasteiger partial charge is 0.302 e. The predicted molar refractivity (Wildman–Crippen MR) is 54.7 cm³/mol. The quantitative estimate of drug-likeness (QED) is 0.618. The highest BCUT2D eigenvalue weighted by Crippen LogP contribution is 2.20. The Hall–Kier alpha value is -0.630. The van der Waals surface area contributed by atoms with Gasteiger partial charge in [-0.1, -0.05) is 11.6 Å². The Bertz CT molecular complexity index is 206. The number of rotatable bonds is 4. The molecule has 1 rings (SSSR count). The Morgan fingerprint density at radius 1 is 1.46 bits per heavy atom. The van der Waals surface area contributed by atoms with Crippen LogP contribution in [0.2, 0.25) is 0 Å². The van der Waals surface area contributed by atoms with Crippen LogP contribution >= 0.6 is 0 Å². The van der Waals surface area contributed by atoms with Crippen molar-refractivity contribution in [3.8, 4) is 0 Å². The fourth-order valence-electron chi connectivity index (χ4n) is 1.73. The monoisotopic (exact) mass is 181 g/mol. The number of carbonyl (C=O) groups excluding carboxylic acids is 1. The summed E-state index contributed by atoms with van der Waals surface area (Å²) in [6, 6.07) is 0. The van der Waals surface area contributed by atoms with E-state index in [4.69, 9.17) is 0 Å². The second kappa shape index (κ2) is 5.18. The Kier molecular flexibility index (Phi) is 4.16. The van der Waals surface area contributed by atoms with Crippen LogP contribution in [0, 0.1) is 0 Å². The number of ketones is 1. The number of nitrogens with zero attached hydrogens (tertiary/aromatic N) is 1. The number of hydrogen-bond acceptors (Lipinski definition) is 2. The first-order valence-electron chi connectivity index (χ1n) is 5.03. The third kappa shape index (κ3) is 4.23. The first-order chi connectivity index (χ1) is 6.18. The first kappa shape index (κ1) is 10.5. The van der Waals surface area contributed by atoms with Crippen LogP contribution in [0.5, 0.6) is 0 Å². The fraction of sp³-hybridized carbons (Fsp3) is 0.727. The second-order valence-corrected chi connectivity index (χ2v) is 4.06. The molecule has 0 saturated heterocycles. The van der Waals surface area contributed by atoms with Gasteiger partial charge in [0.2, 0.25) is 0 Å². The Balaban J connectivity index is 2.30. The molecular formula is C11H19NO. The molecule has 0 unspecified atom stereocenters. The molecule has 2 heteroatoms. The average Bonchev–Trinajstić information content (AvgIpc) is 2.04. The number of hydrogen-bond donors (Lipinski definition) is 0. The van der Waals surface area contributed by atoms with Gasteiger partial charge in [0.05, 0.1) is 6.54 Å². The van der Waals surface area contributed by atoms with Gasteiger partial charge in [0.15, 0.2) is 5.78 Å². The van der Waals surface area contributed by atoms with Crippen LogP contribution < -0.4 is 0 Å². The summed E-state index contributed by atoms with van der Waals surface area (Å²) in [5.74, 6) is 0.346. The lowest BCUT2D eigenvalue weighted by Gasteiger charge is -2.13. The lowest BCUT2D eigenvalue weighted by molar-refractivity contribution is -0.119. The summed E-state index contributed by atoms with van der Waals surface area (Å²) in [5.41, 5.74) is 1.36. The number of carbonyl (C=O) groups is 1. The molecule has 0 heterocycles. The van der Waals surface area contributed by atoms with Gasteiger partial charge < -0.3 is 4.90 Å². The molecule has 0 saturated carbocycles. The molecule has 0 aliphatic heterocycles. The second-order valence-electron chi connectivity index (χ2n) is 4.06. The highest BCUT2D eigenvalue weighted by atomic mass is 16.1. The van der Waals surface area contributed by atoms with Crippen LogP contribution in [0.15, 0.2) is 11.6 Å². The minimum absolute atomic E-state index is 0.346. The van der Waals surface area contributed by atoms with Crippen LogP contribution in [0.3, 0.4) is 0 Å². The molecule has 0 bridgehead atoms. The van der Waals surface area contributed by atoms with Gasteiger partial charge in [0.25, 0.3) is 0 Å². The Labute approximate surface area is 80.6 Å². The zero-order valence-corrected chi connectivity index (χ0v) is 8.68. The van der Waals surface area contributed by atoms with E-state index >= 15 is 0 Å². The van der Waals surface area contributed by atoms with Gasteiger partial charge in [-0.15, -0.1) is 0 Å². The lowest BCUT2D eigenvalue weighted by Crippen LogP contribution is -2.21. The molecule has 1 aliphatic carbocycles. The molecule has 0 radical (unpaired) electrons. The van der Waals surface area contributed by atoms with Gasteiger partial charge in [-0.3, -0.25) is 4.79 Å². The zero-order valence-electron chi connectivity index (χ0n) is 8.68. The van der Waals surface area contributed by atoms with Gasteiger partial charge in [0.1, 0.15) is 0 Å². The summed E-state index contributed by atoms with van der Waals surface area (Å²) in [4.78, 5) is 13.4. The molecule has 0 aromatic heterocycles. The molecule has 0 atom stereocenters. The highest BCUT2D eigenvalue weighted by molar-refractivity contribution is 5.82. The van der Waals surface area contributed by atoms with Crippen molar-refractivity contribution in [1.29, 1.82) is 0 Å². The van der Waals surface area contributed by atoms with E-state index in [2.05, 4.69) is 6.08 Å². The van der Waals surface area contributed by atoms with Crippen molar-refractivity contribution in [2.24, 2.45) is 0 Å². The Morgan fingerprint density at radius 3 is 2.77 bits per heavy atom. The van der Waals surface area contributed by atoms with E-state index in [-0.39, 0.29) is 0 Å². The van der Waals surface area contributed by atoms with Gasteiger partial charge in [-0.05, 0) is 39.8 Å². The molecule has 0 aromatic rings. The molecule has 0 N–H and O–H groups in total. The maximum atomic E-state index is 11.4. The van der Waals surface area contributed by atoms with Crippen molar-refractivity contribution in [2.45, 2.75) is 32.1 Å². The van der Waals surface area contributed by atoms with E-state index in [0.29, 0.717) is 18.7 Å². The maximum Gasteiger partial charge on any atom is 0.150 e. The number of likely N-dealkylation sites (N-methyl/N-ethyl adjacent to an activating group) is 1. The van der Waals surface area contributed by atoms with Crippen LogP contribution in [0.1, 0.15) is 32.1 Å². The normalized spacial score (nSPS) is 17.3. The molecule has 0 aromatic carbocycles. The van der Waals surface area contributed by atoms with Crippen molar-refractivity contribution >= 4 is 5.78 Å². The number of allylic oxidation sites excluding steroid dienone is 2. The van der Waals surface area contributed by atoms with Gasteiger partial charge in [0, 0.05) is 6.42 Å². The summed E-state index contributed by atoms with van der Waals surface area (Å²) in [7, 11) is 3.88. The summed E-state index contributed by atoms with van der Waals surface area (Å²) in [6.45, 7) is 0.581. The van der Waals surface area contributed by atoms with Crippen LogP contribution in [0.25, 0.3) is 0 Å². The van der Waals surface area contributed by atoms with E-state index in [0.717, 1.165) is 6.42 Å². The molecule has 13 heavy (non-hydrogen) atoms. The maximum absolute atomic E-state index is 11.4. The fourth-order valence-corrected chi connectivity index (χ4v) is 1.73. The van der Waals surface area contributed by atoms with Crippen molar-refractivity contribution in [3.05, 3.63) is 11.6 Å². The van der Waals surface area contributed by atoms with Crippen LogP contribution in [-0.2, 0) is 4.79 Å². The van der Waals surface area contributed by atoms with Crippen molar-refractivity contribution in [3.63, 3.8) is 0 Å². The van der Waals surface area contributed by atoms with E-state index in [1.54, 1.807) is 0 Å². The third-order valence-corrected chi connectivity index (χ3v) is 2.30. The van der Waals surface area contributed by atoms with Gasteiger partial charge in [-0.25, -0.2) is 0 Å². The molecule has 0 spiro atoms. The predicted octanol–water partition coefficient (Wildman–Crippen LogP) is 2.01. The van der Waals surface area contributed by atoms with Crippen molar-refractivity contribution in [1.82, 2.24) is 4.90 Å². The molecule has 74 valence electrons. The van der Waals surface area contributed by atoms with E-state index in [1.807, 2.05) is 19.0 Å². The third-order valence-electron chi connectivity index (χ3n) is 2.30. The number of Topliss-reactive ketones (excluding diaryl/α,β-unsaturated/α-hetero) is 1. The van der Waals surface area contributed by atoms with Gasteiger partial charge >= 0.3 is 0 Å². The highest BCUT2D eigenvalue weighted by Gasteiger charge is 2.09. The molecule has 2 nitrogen and oxygen atoms in total. The first-order valence-corrected chi connectivity index (χ1v) is 5.03. The lowest BCUT2D eigenvalue weighted by atomic mass is 9.96. The molecule has 1 aliphatic rings. The Morgan fingerprint density at radius 2 is 2.23 bits per heavy atom. The van der Waals surface area contributed by atoms with Crippen molar-refractivity contribution in [2.75, 3.05) is 20.6 Å². The zero-order chi connectivity index (χ0) is 9.68. The van der Waals surface area contributed by atoms with E-state index < -0.39 is 0 Å². The smallest absolute Gasteiger partial charge is 0.150 e. The summed E-state index contributed by atoms with van der Waals surface area (Å²) < 4.78 is 0. The topological polar surface area (TPSA) is 20.3 Å². The SMILES string of the molecule is CN(C)CC(=O)CC1=CCCCC1. The summed E-state index contributed by atoms with van der Waals surface area (Å²) >= 11 is 0. The summed E-state index contributed by atoms with van der Waals surface area (Å²) in [5, 5.41) is 0. The average molecular weight is 181 g/mol. The van der Waals surface area contributed by atoms with Crippen LogP contribution in [-0.4, -0.2) is 31.3 Å². The summed E-state index contributed by atoms with van der Waals surface area (Å²) in [6.07, 6.45) is 7.80. The van der Waals surface area contributed by atoms with E-state index in [9.17, 15) is 4.79 Å². The minimum atomic E-state index is 0.346. The van der Waals surface area contributed by atoms with E-state index in [1.165, 1.54) is 24.8 Å². The van der Waals surface area contributed by atoms with Crippen LogP contribution in [0.4, 0.5) is 0 Å². The standard InChI is InChI=1S/C11H19NO/c1-12(2)9-11(13)8-10-6-4-3-5-7-10/h6H,3-5,7-9H2,1-2H3. The molecular weight excluding hydrogens is 162 g/mol.